The summed E-state index contributed by atoms with van der Waals surface area (Å²) < 4.78 is 6.08. The summed E-state index contributed by atoms with van der Waals surface area (Å²) in [5.74, 6) is 0.954. The molecule has 1 aliphatic rings. The van der Waals surface area contributed by atoms with E-state index in [-0.39, 0.29) is 12.0 Å². The van der Waals surface area contributed by atoms with Gasteiger partial charge in [0.2, 0.25) is 5.91 Å². The van der Waals surface area contributed by atoms with Crippen molar-refractivity contribution in [2.24, 2.45) is 0 Å². The van der Waals surface area contributed by atoms with Crippen LogP contribution in [0.2, 0.25) is 5.02 Å². The van der Waals surface area contributed by atoms with Gasteiger partial charge in [-0.1, -0.05) is 56.0 Å². The highest BCUT2D eigenvalue weighted by molar-refractivity contribution is 6.31. The zero-order valence-electron chi connectivity index (χ0n) is 18.0. The van der Waals surface area contributed by atoms with Crippen LogP contribution in [-0.2, 0) is 10.2 Å². The third-order valence-corrected chi connectivity index (χ3v) is 6.47. The molecular formula is C25H32ClNO2. The van der Waals surface area contributed by atoms with Crippen LogP contribution in [-0.4, -0.2) is 12.0 Å². The van der Waals surface area contributed by atoms with Crippen molar-refractivity contribution < 1.29 is 9.53 Å². The normalized spacial score (nSPS) is 16.9. The molecule has 0 saturated heterocycles. The molecule has 2 aromatic carbocycles. The number of ether oxygens (including phenoxy) is 1. The molecule has 156 valence electrons. The van der Waals surface area contributed by atoms with E-state index in [1.807, 2.05) is 50.2 Å². The number of carbonyl (C=O) groups is 1. The van der Waals surface area contributed by atoms with E-state index in [0.717, 1.165) is 60.2 Å². The molecule has 29 heavy (non-hydrogen) atoms. The van der Waals surface area contributed by atoms with E-state index < -0.39 is 5.41 Å². The third kappa shape index (κ3) is 4.61. The Bertz CT molecular complexity index is 848. The van der Waals surface area contributed by atoms with Gasteiger partial charge in [0.1, 0.15) is 5.75 Å². The molecule has 0 radical (unpaired) electrons. The number of halogens is 1. The number of anilines is 1. The van der Waals surface area contributed by atoms with Crippen molar-refractivity contribution in [1.29, 1.82) is 0 Å². The Balaban J connectivity index is 1.90. The zero-order valence-corrected chi connectivity index (χ0v) is 18.7. The molecular weight excluding hydrogens is 382 g/mol. The predicted molar refractivity (Wildman–Crippen MR) is 121 cm³/mol. The van der Waals surface area contributed by atoms with Crippen LogP contribution >= 0.6 is 11.6 Å². The summed E-state index contributed by atoms with van der Waals surface area (Å²) in [6.07, 6.45) is 6.03. The average molecular weight is 414 g/mol. The fraction of sp³-hybridized carbons (Fsp3) is 0.480. The van der Waals surface area contributed by atoms with Gasteiger partial charge in [-0.2, -0.15) is 0 Å². The van der Waals surface area contributed by atoms with Gasteiger partial charge in [0, 0.05) is 10.7 Å². The second-order valence-corrected chi connectivity index (χ2v) is 8.76. The smallest absolute Gasteiger partial charge is 0.235 e. The molecule has 1 saturated carbocycles. The van der Waals surface area contributed by atoms with Crippen LogP contribution in [0.15, 0.2) is 36.4 Å². The van der Waals surface area contributed by atoms with Crippen LogP contribution in [0.4, 0.5) is 5.69 Å². The molecule has 3 rings (SSSR count). The molecule has 0 spiro atoms. The molecule has 0 bridgehead atoms. The number of nitrogens with one attached hydrogen (secondary N) is 1. The number of amides is 1. The Kier molecular flexibility index (Phi) is 6.89. The topological polar surface area (TPSA) is 38.3 Å². The minimum absolute atomic E-state index is 0.0414. The summed E-state index contributed by atoms with van der Waals surface area (Å²) >= 11 is 6.53. The van der Waals surface area contributed by atoms with Gasteiger partial charge >= 0.3 is 0 Å². The highest BCUT2D eigenvalue weighted by Crippen LogP contribution is 2.43. The molecule has 1 N–H and O–H groups in total. The second kappa shape index (κ2) is 9.21. The number of hydrogen-bond acceptors (Lipinski definition) is 2. The lowest BCUT2D eigenvalue weighted by Crippen LogP contribution is -2.42. The Labute approximate surface area is 179 Å². The van der Waals surface area contributed by atoms with Gasteiger partial charge in [0.15, 0.2) is 0 Å². The molecule has 2 aromatic rings. The van der Waals surface area contributed by atoms with Crippen molar-refractivity contribution in [3.63, 3.8) is 0 Å². The quantitative estimate of drug-likeness (QED) is 0.554. The molecule has 0 unspecified atom stereocenters. The van der Waals surface area contributed by atoms with E-state index in [1.165, 1.54) is 6.42 Å². The van der Waals surface area contributed by atoms with Gasteiger partial charge in [-0.3, -0.25) is 4.79 Å². The number of rotatable bonds is 6. The maximum Gasteiger partial charge on any atom is 0.235 e. The van der Waals surface area contributed by atoms with E-state index >= 15 is 0 Å². The largest absolute Gasteiger partial charge is 0.490 e. The number of carbonyl (C=O) groups excluding carboxylic acids is 1. The van der Waals surface area contributed by atoms with Crippen LogP contribution < -0.4 is 10.1 Å². The Morgan fingerprint density at radius 2 is 1.76 bits per heavy atom. The van der Waals surface area contributed by atoms with Gasteiger partial charge in [-0.05, 0) is 74.9 Å². The highest BCUT2D eigenvalue weighted by atomic mass is 35.5. The Hall–Kier alpha value is -2.00. The molecule has 1 atom stereocenters. The van der Waals surface area contributed by atoms with Crippen molar-refractivity contribution in [2.45, 2.75) is 77.7 Å². The van der Waals surface area contributed by atoms with Crippen molar-refractivity contribution >= 4 is 23.2 Å². The molecule has 0 heterocycles. The maximum absolute atomic E-state index is 13.6. The lowest BCUT2D eigenvalue weighted by molar-refractivity contribution is -0.122. The van der Waals surface area contributed by atoms with E-state index in [9.17, 15) is 4.79 Å². The summed E-state index contributed by atoms with van der Waals surface area (Å²) in [7, 11) is 0. The SMILES string of the molecule is CC[C@H](C)Oc1c(C)cc(NC(=O)C2(c3ccccc3Cl)CCCCC2)cc1C. The summed E-state index contributed by atoms with van der Waals surface area (Å²) in [6.45, 7) is 8.25. The summed E-state index contributed by atoms with van der Waals surface area (Å²) in [6, 6.07) is 11.8. The molecule has 0 aromatic heterocycles. The van der Waals surface area contributed by atoms with Crippen LogP contribution in [0.5, 0.6) is 5.75 Å². The minimum Gasteiger partial charge on any atom is -0.490 e. The van der Waals surface area contributed by atoms with Crippen molar-refractivity contribution in [3.8, 4) is 5.75 Å². The highest BCUT2D eigenvalue weighted by Gasteiger charge is 2.42. The third-order valence-electron chi connectivity index (χ3n) is 6.14. The fourth-order valence-electron chi connectivity index (χ4n) is 4.37. The molecule has 3 nitrogen and oxygen atoms in total. The minimum atomic E-state index is -0.565. The molecule has 1 aliphatic carbocycles. The predicted octanol–water partition coefficient (Wildman–Crippen LogP) is 6.97. The second-order valence-electron chi connectivity index (χ2n) is 8.35. The van der Waals surface area contributed by atoms with Crippen LogP contribution in [0.3, 0.4) is 0 Å². The summed E-state index contributed by atoms with van der Waals surface area (Å²) in [5, 5.41) is 3.88. The summed E-state index contributed by atoms with van der Waals surface area (Å²) in [5.41, 5.74) is 3.28. The van der Waals surface area contributed by atoms with Gasteiger partial charge in [0.05, 0.1) is 11.5 Å². The van der Waals surface area contributed by atoms with Gasteiger partial charge in [0.25, 0.3) is 0 Å². The Morgan fingerprint density at radius 1 is 1.14 bits per heavy atom. The molecule has 1 fully saturated rings. The lowest BCUT2D eigenvalue weighted by atomic mass is 9.68. The number of aryl methyl sites for hydroxylation is 2. The van der Waals surface area contributed by atoms with Crippen molar-refractivity contribution in [3.05, 3.63) is 58.1 Å². The lowest BCUT2D eigenvalue weighted by Gasteiger charge is -2.37. The molecule has 1 amide bonds. The van der Waals surface area contributed by atoms with Crippen LogP contribution in [0, 0.1) is 13.8 Å². The van der Waals surface area contributed by atoms with Crippen molar-refractivity contribution in [2.75, 3.05) is 5.32 Å². The number of hydrogen-bond donors (Lipinski definition) is 1. The zero-order chi connectivity index (χ0) is 21.0. The first-order valence-corrected chi connectivity index (χ1v) is 11.1. The van der Waals surface area contributed by atoms with Gasteiger partial charge < -0.3 is 10.1 Å². The van der Waals surface area contributed by atoms with Crippen LogP contribution in [0.1, 0.15) is 69.1 Å². The summed E-state index contributed by atoms with van der Waals surface area (Å²) in [4.78, 5) is 13.6. The first-order chi connectivity index (χ1) is 13.9. The first-order valence-electron chi connectivity index (χ1n) is 10.7. The average Bonchev–Trinajstić information content (AvgIpc) is 2.71. The fourth-order valence-corrected chi connectivity index (χ4v) is 4.68. The monoisotopic (exact) mass is 413 g/mol. The van der Waals surface area contributed by atoms with Gasteiger partial charge in [-0.15, -0.1) is 0 Å². The van der Waals surface area contributed by atoms with Crippen LogP contribution in [0.25, 0.3) is 0 Å². The molecule has 0 aliphatic heterocycles. The van der Waals surface area contributed by atoms with Gasteiger partial charge in [-0.25, -0.2) is 0 Å². The van der Waals surface area contributed by atoms with E-state index in [2.05, 4.69) is 19.2 Å². The number of benzene rings is 2. The van der Waals surface area contributed by atoms with E-state index in [0.29, 0.717) is 5.02 Å². The van der Waals surface area contributed by atoms with E-state index in [4.69, 9.17) is 16.3 Å². The molecule has 4 heteroatoms. The Morgan fingerprint density at radius 3 is 2.34 bits per heavy atom. The van der Waals surface area contributed by atoms with E-state index in [1.54, 1.807) is 0 Å². The standard InChI is InChI=1S/C25H32ClNO2/c1-5-19(4)29-23-17(2)15-20(16-18(23)3)27-24(28)25(13-9-6-10-14-25)21-11-7-8-12-22(21)26/h7-8,11-12,15-16,19H,5-6,9-10,13-14H2,1-4H3,(H,27,28)/t19-/m0/s1. The van der Waals surface area contributed by atoms with Crippen molar-refractivity contribution in [1.82, 2.24) is 0 Å². The maximum atomic E-state index is 13.6. The first kappa shape index (κ1) is 21.7.